The minimum absolute atomic E-state index is 0.523. The second-order valence-corrected chi connectivity index (χ2v) is 7.29. The van der Waals surface area contributed by atoms with Crippen LogP contribution in [0, 0.1) is 11.3 Å². The lowest BCUT2D eigenvalue weighted by atomic mass is 10.1. The first kappa shape index (κ1) is 18.0. The molecular weight excluding hydrogens is 362 g/mol. The van der Waals surface area contributed by atoms with E-state index in [-0.39, 0.29) is 0 Å². The molecule has 0 fully saturated rings. The van der Waals surface area contributed by atoms with Gasteiger partial charge in [0.25, 0.3) is 0 Å². The topological polar surface area (TPSA) is 48.7 Å². The average molecular weight is 382 g/mol. The highest BCUT2D eigenvalue weighted by atomic mass is 32.1. The molecule has 4 aromatic rings. The summed E-state index contributed by atoms with van der Waals surface area (Å²) < 4.78 is 0. The van der Waals surface area contributed by atoms with Crippen molar-refractivity contribution in [1.29, 1.82) is 5.26 Å². The van der Waals surface area contributed by atoms with Crippen LogP contribution >= 0.6 is 11.3 Å². The number of fused-ring (bicyclic) bond motifs is 1. The fourth-order valence-corrected chi connectivity index (χ4v) is 3.88. The van der Waals surface area contributed by atoms with Gasteiger partial charge in [0.05, 0.1) is 5.69 Å². The molecule has 3 aromatic carbocycles. The van der Waals surface area contributed by atoms with Gasteiger partial charge in [-0.2, -0.15) is 5.26 Å². The summed E-state index contributed by atoms with van der Waals surface area (Å²) in [6.45, 7) is 2.14. The van der Waals surface area contributed by atoms with Crippen molar-refractivity contribution in [2.75, 3.05) is 5.32 Å². The Morgan fingerprint density at radius 1 is 1.07 bits per heavy atom. The van der Waals surface area contributed by atoms with Gasteiger partial charge in [-0.3, -0.25) is 0 Å². The third-order valence-corrected chi connectivity index (χ3v) is 5.55. The zero-order valence-electron chi connectivity index (χ0n) is 15.5. The molecule has 4 heteroatoms. The zero-order valence-corrected chi connectivity index (χ0v) is 16.3. The Balaban J connectivity index is 1.60. The number of rotatable bonds is 5. The van der Waals surface area contributed by atoms with Crippen LogP contribution in [0.15, 0.2) is 78.3 Å². The first-order valence-electron chi connectivity index (χ1n) is 9.18. The molecule has 0 radical (unpaired) electrons. The van der Waals surface area contributed by atoms with Crippen LogP contribution in [0.5, 0.6) is 0 Å². The molecule has 0 amide bonds. The van der Waals surface area contributed by atoms with E-state index in [1.165, 1.54) is 16.9 Å². The Labute approximate surface area is 168 Å². The summed E-state index contributed by atoms with van der Waals surface area (Å²) in [5.74, 6) is 0. The van der Waals surface area contributed by atoms with Crippen LogP contribution in [0.3, 0.4) is 0 Å². The summed E-state index contributed by atoms with van der Waals surface area (Å²) in [5.41, 5.74) is 4.76. The second kappa shape index (κ2) is 8.08. The zero-order chi connectivity index (χ0) is 19.3. The maximum absolute atomic E-state index is 9.63. The first-order chi connectivity index (χ1) is 13.8. The molecule has 0 atom stereocenters. The molecule has 0 bridgehead atoms. The van der Waals surface area contributed by atoms with Crippen molar-refractivity contribution in [2.24, 2.45) is 0 Å². The summed E-state index contributed by atoms with van der Waals surface area (Å²) in [6, 6.07) is 25.0. The monoisotopic (exact) mass is 381 g/mol. The quantitative estimate of drug-likeness (QED) is 0.401. The Morgan fingerprint density at radius 3 is 2.64 bits per heavy atom. The van der Waals surface area contributed by atoms with Gasteiger partial charge in [0.15, 0.2) is 0 Å². The fourth-order valence-electron chi connectivity index (χ4n) is 3.08. The highest BCUT2D eigenvalue weighted by molar-refractivity contribution is 7.11. The molecule has 1 aromatic heterocycles. The van der Waals surface area contributed by atoms with Gasteiger partial charge >= 0.3 is 0 Å². The third kappa shape index (κ3) is 3.66. The fraction of sp³-hybridized carbons (Fsp3) is 0.0833. The number of nitrogens with one attached hydrogen (secondary N) is 1. The largest absolute Gasteiger partial charge is 0.360 e. The summed E-state index contributed by atoms with van der Waals surface area (Å²) in [4.78, 5) is 4.67. The van der Waals surface area contributed by atoms with E-state index in [0.717, 1.165) is 34.1 Å². The van der Waals surface area contributed by atoms with E-state index in [1.54, 1.807) is 6.20 Å². The van der Waals surface area contributed by atoms with Crippen LogP contribution in [0.1, 0.15) is 17.5 Å². The van der Waals surface area contributed by atoms with Crippen molar-refractivity contribution in [3.05, 3.63) is 88.9 Å². The second-order valence-electron chi connectivity index (χ2n) is 6.43. The van der Waals surface area contributed by atoms with E-state index in [4.69, 9.17) is 0 Å². The average Bonchev–Trinajstić information content (AvgIpc) is 3.24. The number of nitriles is 1. The molecule has 0 saturated carbocycles. The van der Waals surface area contributed by atoms with Gasteiger partial charge in [0.2, 0.25) is 0 Å². The summed E-state index contributed by atoms with van der Waals surface area (Å²) in [5, 5.41) is 17.9. The minimum Gasteiger partial charge on any atom is -0.360 e. The lowest BCUT2D eigenvalue weighted by molar-refractivity contribution is 1.14. The highest BCUT2D eigenvalue weighted by Gasteiger charge is 2.09. The molecule has 28 heavy (non-hydrogen) atoms. The number of anilines is 1. The van der Waals surface area contributed by atoms with Crippen LogP contribution in [0.4, 0.5) is 5.69 Å². The smallest absolute Gasteiger partial charge is 0.136 e. The Kier molecular flexibility index (Phi) is 5.18. The molecule has 3 nitrogen and oxygen atoms in total. The number of hydrogen-bond acceptors (Lipinski definition) is 4. The summed E-state index contributed by atoms with van der Waals surface area (Å²) in [6.07, 6.45) is 2.76. The highest BCUT2D eigenvalue weighted by Crippen LogP contribution is 2.27. The van der Waals surface area contributed by atoms with Gasteiger partial charge in [-0.25, -0.2) is 4.98 Å². The van der Waals surface area contributed by atoms with Crippen LogP contribution in [-0.2, 0) is 6.42 Å². The molecule has 0 saturated heterocycles. The van der Waals surface area contributed by atoms with Crippen molar-refractivity contribution in [1.82, 2.24) is 4.98 Å². The van der Waals surface area contributed by atoms with Crippen LogP contribution < -0.4 is 5.32 Å². The minimum atomic E-state index is 0.523. The molecule has 0 aliphatic rings. The van der Waals surface area contributed by atoms with Gasteiger partial charge < -0.3 is 5.32 Å². The van der Waals surface area contributed by atoms with Gasteiger partial charge in [-0.1, -0.05) is 67.6 Å². The molecule has 0 unspecified atom stereocenters. The maximum Gasteiger partial charge on any atom is 0.136 e. The SMILES string of the molecule is CCc1ccc(-c2csc(/C(C#N)=C\Nc3cccc4ccccc34)n2)cc1. The number of hydrogen-bond donors (Lipinski definition) is 1. The van der Waals surface area contributed by atoms with Crippen molar-refractivity contribution in [3.8, 4) is 17.3 Å². The van der Waals surface area contributed by atoms with E-state index in [0.29, 0.717) is 10.6 Å². The molecule has 1 N–H and O–H groups in total. The standard InChI is InChI=1S/C24H19N3S/c1-2-17-10-12-19(13-11-17)23-16-28-24(27-23)20(14-25)15-26-22-9-5-7-18-6-3-4-8-21(18)22/h3-13,15-16,26H,2H2,1H3/b20-15-. The first-order valence-corrected chi connectivity index (χ1v) is 10.1. The number of thiazole rings is 1. The van der Waals surface area contributed by atoms with Gasteiger partial charge in [-0.05, 0) is 23.4 Å². The molecule has 1 heterocycles. The molecule has 4 rings (SSSR count). The lowest BCUT2D eigenvalue weighted by Gasteiger charge is -2.06. The van der Waals surface area contributed by atoms with Crippen molar-refractivity contribution in [3.63, 3.8) is 0 Å². The predicted octanol–water partition coefficient (Wildman–Crippen LogP) is 6.50. The van der Waals surface area contributed by atoms with Crippen molar-refractivity contribution in [2.45, 2.75) is 13.3 Å². The summed E-state index contributed by atoms with van der Waals surface area (Å²) in [7, 11) is 0. The van der Waals surface area contributed by atoms with Gasteiger partial charge in [-0.15, -0.1) is 11.3 Å². The Hall–Kier alpha value is -3.42. The van der Waals surface area contributed by atoms with Crippen LogP contribution in [0.2, 0.25) is 0 Å². The molecule has 0 aliphatic heterocycles. The summed E-state index contributed by atoms with van der Waals surface area (Å²) >= 11 is 1.48. The third-order valence-electron chi connectivity index (χ3n) is 4.67. The normalized spacial score (nSPS) is 11.4. The van der Waals surface area contributed by atoms with Crippen molar-refractivity contribution < 1.29 is 0 Å². The molecule has 0 spiro atoms. The van der Waals surface area contributed by atoms with Gasteiger partial charge in [0.1, 0.15) is 16.6 Å². The number of aryl methyl sites for hydroxylation is 1. The predicted molar refractivity (Wildman–Crippen MR) is 118 cm³/mol. The number of allylic oxidation sites excluding steroid dienone is 1. The Morgan fingerprint density at radius 2 is 1.86 bits per heavy atom. The van der Waals surface area contributed by atoms with Gasteiger partial charge in [0, 0.05) is 28.2 Å². The number of nitrogens with zero attached hydrogens (tertiary/aromatic N) is 2. The molecule has 0 aliphatic carbocycles. The Bertz CT molecular complexity index is 1180. The van der Waals surface area contributed by atoms with Crippen molar-refractivity contribution >= 4 is 33.4 Å². The maximum atomic E-state index is 9.63. The van der Waals surface area contributed by atoms with E-state index in [1.807, 2.05) is 29.6 Å². The van der Waals surface area contributed by atoms with E-state index >= 15 is 0 Å². The van der Waals surface area contributed by atoms with E-state index < -0.39 is 0 Å². The number of aromatic nitrogens is 1. The number of benzene rings is 3. The van der Waals surface area contributed by atoms with E-state index in [9.17, 15) is 5.26 Å². The van der Waals surface area contributed by atoms with Crippen LogP contribution in [0.25, 0.3) is 27.6 Å². The van der Waals surface area contributed by atoms with E-state index in [2.05, 4.69) is 65.8 Å². The van der Waals surface area contributed by atoms with Crippen LogP contribution in [-0.4, -0.2) is 4.98 Å². The molecule has 136 valence electrons. The lowest BCUT2D eigenvalue weighted by Crippen LogP contribution is -1.92. The molecular formula is C24H19N3S.